The van der Waals surface area contributed by atoms with Gasteiger partial charge < -0.3 is 15.2 Å². The van der Waals surface area contributed by atoms with E-state index < -0.39 is 11.0 Å². The average Bonchev–Trinajstić information content (AvgIpc) is 2.50. The van der Waals surface area contributed by atoms with Crippen molar-refractivity contribution in [3.63, 3.8) is 0 Å². The van der Waals surface area contributed by atoms with Gasteiger partial charge in [-0.25, -0.2) is 0 Å². The Hall–Kier alpha value is -1.05. The van der Waals surface area contributed by atoms with Crippen LogP contribution in [-0.4, -0.2) is 35.2 Å². The molecule has 0 radical (unpaired) electrons. The molecule has 22 heavy (non-hydrogen) atoms. The molecule has 0 fully saturated rings. The number of benzene rings is 1. The highest BCUT2D eigenvalue weighted by atomic mass is 79.9. The van der Waals surface area contributed by atoms with Crippen LogP contribution in [0.2, 0.25) is 0 Å². The summed E-state index contributed by atoms with van der Waals surface area (Å²) in [5.41, 5.74) is 0.206. The van der Waals surface area contributed by atoms with Crippen LogP contribution in [0.3, 0.4) is 0 Å². The number of unbranched alkanes of at least 4 members (excludes halogenated alkanes) is 2. The van der Waals surface area contributed by atoms with Crippen molar-refractivity contribution in [3.8, 4) is 5.75 Å². The molecule has 1 atom stereocenters. The van der Waals surface area contributed by atoms with E-state index in [1.807, 2.05) is 0 Å². The fourth-order valence-corrected chi connectivity index (χ4v) is 2.32. The first-order valence-corrected chi connectivity index (χ1v) is 8.41. The molecular formula is C14H20BrClN2O4. The van der Waals surface area contributed by atoms with Crippen molar-refractivity contribution in [1.82, 2.24) is 0 Å². The minimum atomic E-state index is -0.779. The van der Waals surface area contributed by atoms with Gasteiger partial charge in [0.15, 0.2) is 0 Å². The number of nitrogens with zero attached hydrogens (tertiary/aromatic N) is 1. The van der Waals surface area contributed by atoms with E-state index in [2.05, 4.69) is 28.2 Å². The van der Waals surface area contributed by atoms with Crippen LogP contribution in [0.25, 0.3) is 0 Å². The Bertz CT molecular complexity index is 502. The number of ether oxygens (including phenoxy) is 1. The van der Waals surface area contributed by atoms with Gasteiger partial charge in [-0.1, -0.05) is 19.8 Å². The summed E-state index contributed by atoms with van der Waals surface area (Å²) in [5.74, 6) is 0.585. The summed E-state index contributed by atoms with van der Waals surface area (Å²) in [6, 6.07) is 2.96. The van der Waals surface area contributed by atoms with Crippen LogP contribution in [0.4, 0.5) is 11.4 Å². The van der Waals surface area contributed by atoms with E-state index in [1.165, 1.54) is 6.07 Å². The van der Waals surface area contributed by atoms with Gasteiger partial charge in [-0.15, -0.1) is 11.6 Å². The molecule has 124 valence electrons. The van der Waals surface area contributed by atoms with Crippen molar-refractivity contribution in [3.05, 3.63) is 26.7 Å². The van der Waals surface area contributed by atoms with Gasteiger partial charge in [0.2, 0.25) is 0 Å². The average molecular weight is 396 g/mol. The molecule has 1 rings (SSSR count). The number of hydrogen-bond donors (Lipinski definition) is 2. The van der Waals surface area contributed by atoms with E-state index in [4.69, 9.17) is 16.3 Å². The van der Waals surface area contributed by atoms with Crippen molar-refractivity contribution in [2.45, 2.75) is 32.3 Å². The van der Waals surface area contributed by atoms with Gasteiger partial charge in [0.05, 0.1) is 28.0 Å². The molecule has 0 aliphatic carbocycles. The van der Waals surface area contributed by atoms with Crippen LogP contribution in [0, 0.1) is 10.1 Å². The van der Waals surface area contributed by atoms with Crippen LogP contribution >= 0.6 is 27.5 Å². The number of rotatable bonds is 10. The molecule has 0 aliphatic rings. The number of nitrogens with one attached hydrogen (secondary N) is 1. The highest BCUT2D eigenvalue weighted by molar-refractivity contribution is 9.10. The number of halogens is 2. The normalized spacial score (nSPS) is 12.0. The third kappa shape index (κ3) is 5.98. The Balaban J connectivity index is 2.87. The summed E-state index contributed by atoms with van der Waals surface area (Å²) >= 11 is 8.80. The molecular weight excluding hydrogens is 376 g/mol. The molecule has 1 aromatic carbocycles. The lowest BCUT2D eigenvalue weighted by molar-refractivity contribution is -0.384. The topological polar surface area (TPSA) is 84.6 Å². The van der Waals surface area contributed by atoms with Crippen molar-refractivity contribution >= 4 is 38.9 Å². The van der Waals surface area contributed by atoms with E-state index in [-0.39, 0.29) is 18.1 Å². The van der Waals surface area contributed by atoms with Crippen molar-refractivity contribution < 1.29 is 14.8 Å². The lowest BCUT2D eigenvalue weighted by Crippen LogP contribution is -2.21. The third-order valence-corrected chi connectivity index (χ3v) is 3.93. The first-order valence-electron chi connectivity index (χ1n) is 7.08. The molecule has 0 saturated carbocycles. The van der Waals surface area contributed by atoms with Gasteiger partial charge in [0, 0.05) is 18.7 Å². The van der Waals surface area contributed by atoms with Crippen molar-refractivity contribution in [2.24, 2.45) is 0 Å². The lowest BCUT2D eigenvalue weighted by Gasteiger charge is -2.13. The molecule has 2 N–H and O–H groups in total. The zero-order valence-corrected chi connectivity index (χ0v) is 14.7. The van der Waals surface area contributed by atoms with E-state index in [9.17, 15) is 15.2 Å². The largest absolute Gasteiger partial charge is 0.492 e. The molecule has 1 aromatic rings. The summed E-state index contributed by atoms with van der Waals surface area (Å²) in [5, 5.41) is 23.4. The molecule has 0 amide bonds. The van der Waals surface area contributed by atoms with Crippen LogP contribution in [0.5, 0.6) is 5.75 Å². The van der Waals surface area contributed by atoms with Crippen molar-refractivity contribution in [1.29, 1.82) is 0 Å². The number of anilines is 1. The number of hydrogen-bond acceptors (Lipinski definition) is 5. The maximum Gasteiger partial charge on any atom is 0.293 e. The Morgan fingerprint density at radius 2 is 2.23 bits per heavy atom. The maximum atomic E-state index is 11.1. The zero-order valence-electron chi connectivity index (χ0n) is 12.3. The number of aliphatic hydroxyl groups is 1. The molecule has 1 unspecified atom stereocenters. The molecule has 6 nitrogen and oxygen atoms in total. The summed E-state index contributed by atoms with van der Waals surface area (Å²) in [6.45, 7) is 2.78. The van der Waals surface area contributed by atoms with E-state index >= 15 is 0 Å². The number of alkyl halides is 1. The van der Waals surface area contributed by atoms with Crippen LogP contribution in [-0.2, 0) is 0 Å². The van der Waals surface area contributed by atoms with E-state index in [1.54, 1.807) is 6.07 Å². The highest BCUT2D eigenvalue weighted by Gasteiger charge is 2.18. The minimum absolute atomic E-state index is 0.0533. The standard InChI is InChI=1S/C14H20BrClN2O4/c1-2-3-4-5-22-14-7-12(17-9-10(19)8-16)13(18(20)21)6-11(14)15/h6-7,10,17,19H,2-5,8-9H2,1H3. The quantitative estimate of drug-likeness (QED) is 0.271. The van der Waals surface area contributed by atoms with Gasteiger partial charge >= 0.3 is 0 Å². The molecule has 0 bridgehead atoms. The molecule has 0 heterocycles. The fraction of sp³-hybridized carbons (Fsp3) is 0.571. The maximum absolute atomic E-state index is 11.1. The fourth-order valence-electron chi connectivity index (χ4n) is 1.76. The second kappa shape index (κ2) is 9.86. The number of aliphatic hydroxyl groups excluding tert-OH is 1. The molecule has 0 aromatic heterocycles. The molecule has 0 aliphatic heterocycles. The smallest absolute Gasteiger partial charge is 0.293 e. The third-order valence-electron chi connectivity index (χ3n) is 2.96. The van der Waals surface area contributed by atoms with Gasteiger partial charge in [0.25, 0.3) is 5.69 Å². The summed E-state index contributed by atoms with van der Waals surface area (Å²) in [4.78, 5) is 10.6. The van der Waals surface area contributed by atoms with Crippen LogP contribution < -0.4 is 10.1 Å². The van der Waals surface area contributed by atoms with Crippen molar-refractivity contribution in [2.75, 3.05) is 24.3 Å². The first kappa shape index (κ1) is 19.0. The van der Waals surface area contributed by atoms with E-state index in [0.717, 1.165) is 19.3 Å². The molecule has 8 heteroatoms. The van der Waals surface area contributed by atoms with E-state index in [0.29, 0.717) is 22.5 Å². The Morgan fingerprint density at radius 1 is 1.50 bits per heavy atom. The number of nitro groups is 1. The summed E-state index contributed by atoms with van der Waals surface area (Å²) in [6.07, 6.45) is 2.30. The van der Waals surface area contributed by atoms with Gasteiger partial charge in [0.1, 0.15) is 11.4 Å². The van der Waals surface area contributed by atoms with Crippen LogP contribution in [0.1, 0.15) is 26.2 Å². The van der Waals surface area contributed by atoms with Gasteiger partial charge in [-0.2, -0.15) is 0 Å². The summed E-state index contributed by atoms with van der Waals surface area (Å²) in [7, 11) is 0. The minimum Gasteiger partial charge on any atom is -0.492 e. The highest BCUT2D eigenvalue weighted by Crippen LogP contribution is 2.36. The lowest BCUT2D eigenvalue weighted by atomic mass is 10.2. The Kier molecular flexibility index (Phi) is 8.52. The predicted molar refractivity (Wildman–Crippen MR) is 91.0 cm³/mol. The SMILES string of the molecule is CCCCCOc1cc(NCC(O)CCl)c([N+](=O)[O-])cc1Br. The second-order valence-electron chi connectivity index (χ2n) is 4.80. The zero-order chi connectivity index (χ0) is 16.5. The number of nitro benzene ring substituents is 1. The predicted octanol–water partition coefficient (Wildman–Crippen LogP) is 3.94. The Morgan fingerprint density at radius 3 is 2.82 bits per heavy atom. The van der Waals surface area contributed by atoms with Gasteiger partial charge in [-0.3, -0.25) is 10.1 Å². The summed E-state index contributed by atoms with van der Waals surface area (Å²) < 4.78 is 6.18. The second-order valence-corrected chi connectivity index (χ2v) is 5.96. The Labute approximate surface area is 143 Å². The van der Waals surface area contributed by atoms with Crippen LogP contribution in [0.15, 0.2) is 16.6 Å². The monoisotopic (exact) mass is 394 g/mol. The first-order chi connectivity index (χ1) is 10.5. The molecule has 0 saturated heterocycles. The van der Waals surface area contributed by atoms with Gasteiger partial charge in [-0.05, 0) is 22.4 Å². The molecule has 0 spiro atoms.